The predicted molar refractivity (Wildman–Crippen MR) is 78.7 cm³/mol. The van der Waals surface area contributed by atoms with E-state index in [1.165, 1.54) is 44.2 Å². The zero-order valence-corrected chi connectivity index (χ0v) is 11.9. The summed E-state index contributed by atoms with van der Waals surface area (Å²) < 4.78 is 5.59. The van der Waals surface area contributed by atoms with Crippen molar-refractivity contribution < 1.29 is 4.74 Å². The molecule has 1 aromatic rings. The van der Waals surface area contributed by atoms with Gasteiger partial charge in [0.2, 0.25) is 0 Å². The minimum absolute atomic E-state index is 0.681. The first-order valence-electron chi connectivity index (χ1n) is 7.74. The zero-order chi connectivity index (χ0) is 13.1. The summed E-state index contributed by atoms with van der Waals surface area (Å²) >= 11 is 0. The molecular weight excluding hydrogens is 234 g/mol. The van der Waals surface area contributed by atoms with E-state index in [4.69, 9.17) is 4.74 Å². The van der Waals surface area contributed by atoms with Gasteiger partial charge in [-0.25, -0.2) is 0 Å². The fraction of sp³-hybridized carbons (Fsp3) is 0.647. The molecule has 0 radical (unpaired) electrons. The van der Waals surface area contributed by atoms with Crippen LogP contribution in [0, 0.1) is 11.8 Å². The van der Waals surface area contributed by atoms with Crippen molar-refractivity contribution in [3.05, 3.63) is 29.8 Å². The lowest BCUT2D eigenvalue weighted by atomic mass is 9.73. The van der Waals surface area contributed by atoms with Gasteiger partial charge in [0.1, 0.15) is 5.75 Å². The molecule has 2 fully saturated rings. The molecule has 2 heteroatoms. The molecule has 1 heterocycles. The van der Waals surface area contributed by atoms with Crippen LogP contribution in [-0.2, 0) is 0 Å². The highest BCUT2D eigenvalue weighted by molar-refractivity contribution is 5.37. The van der Waals surface area contributed by atoms with Gasteiger partial charge in [0, 0.05) is 0 Å². The lowest BCUT2D eigenvalue weighted by molar-refractivity contribution is 0.227. The SMILES string of the molecule is COc1ccccc1C1CCNCC1C1CCCC1. The Morgan fingerprint density at radius 3 is 2.68 bits per heavy atom. The Bertz CT molecular complexity index is 411. The first-order valence-corrected chi connectivity index (χ1v) is 7.74. The summed E-state index contributed by atoms with van der Waals surface area (Å²) in [5, 5.41) is 3.61. The third kappa shape index (κ3) is 2.64. The maximum atomic E-state index is 5.59. The molecule has 2 unspecified atom stereocenters. The van der Waals surface area contributed by atoms with E-state index in [1.54, 1.807) is 7.11 Å². The summed E-state index contributed by atoms with van der Waals surface area (Å²) in [6.07, 6.45) is 6.97. The van der Waals surface area contributed by atoms with Crippen molar-refractivity contribution in [2.24, 2.45) is 11.8 Å². The Balaban J connectivity index is 1.86. The average Bonchev–Trinajstić information content (AvgIpc) is 3.01. The van der Waals surface area contributed by atoms with Gasteiger partial charge in [-0.3, -0.25) is 0 Å². The highest BCUT2D eigenvalue weighted by Gasteiger charge is 2.35. The quantitative estimate of drug-likeness (QED) is 0.896. The Morgan fingerprint density at radius 2 is 1.89 bits per heavy atom. The first kappa shape index (κ1) is 13.0. The lowest BCUT2D eigenvalue weighted by Crippen LogP contribution is -2.38. The maximum absolute atomic E-state index is 5.59. The van der Waals surface area contributed by atoms with Crippen molar-refractivity contribution >= 4 is 0 Å². The predicted octanol–water partition coefficient (Wildman–Crippen LogP) is 3.58. The molecule has 2 atom stereocenters. The number of methoxy groups -OCH3 is 1. The lowest BCUT2D eigenvalue weighted by Gasteiger charge is -2.37. The zero-order valence-electron chi connectivity index (χ0n) is 11.9. The molecule has 1 aromatic carbocycles. The van der Waals surface area contributed by atoms with Crippen molar-refractivity contribution in [1.29, 1.82) is 0 Å². The number of para-hydroxylation sites is 1. The number of hydrogen-bond acceptors (Lipinski definition) is 2. The third-order valence-corrected chi connectivity index (χ3v) is 5.07. The van der Waals surface area contributed by atoms with Gasteiger partial charge in [-0.15, -0.1) is 0 Å². The van der Waals surface area contributed by atoms with Gasteiger partial charge >= 0.3 is 0 Å². The minimum Gasteiger partial charge on any atom is -0.496 e. The van der Waals surface area contributed by atoms with Crippen LogP contribution in [0.1, 0.15) is 43.6 Å². The molecule has 1 N–H and O–H groups in total. The summed E-state index contributed by atoms with van der Waals surface area (Å²) in [6.45, 7) is 2.33. The molecule has 1 saturated carbocycles. The summed E-state index contributed by atoms with van der Waals surface area (Å²) in [4.78, 5) is 0. The maximum Gasteiger partial charge on any atom is 0.122 e. The Labute approximate surface area is 116 Å². The second-order valence-corrected chi connectivity index (χ2v) is 6.05. The number of hydrogen-bond donors (Lipinski definition) is 1. The molecule has 0 aromatic heterocycles. The van der Waals surface area contributed by atoms with Crippen LogP contribution in [0.4, 0.5) is 0 Å². The third-order valence-electron chi connectivity index (χ3n) is 5.07. The summed E-state index contributed by atoms with van der Waals surface area (Å²) in [6, 6.07) is 8.62. The van der Waals surface area contributed by atoms with E-state index in [9.17, 15) is 0 Å². The second kappa shape index (κ2) is 5.96. The molecule has 3 rings (SSSR count). The molecule has 104 valence electrons. The Hall–Kier alpha value is -1.02. The van der Waals surface area contributed by atoms with Crippen molar-refractivity contribution in [2.45, 2.75) is 38.0 Å². The topological polar surface area (TPSA) is 21.3 Å². The summed E-state index contributed by atoms with van der Waals surface area (Å²) in [7, 11) is 1.80. The average molecular weight is 259 g/mol. The highest BCUT2D eigenvalue weighted by Crippen LogP contribution is 2.44. The largest absolute Gasteiger partial charge is 0.496 e. The van der Waals surface area contributed by atoms with E-state index in [1.807, 2.05) is 0 Å². The van der Waals surface area contributed by atoms with Crippen molar-refractivity contribution in [2.75, 3.05) is 20.2 Å². The molecule has 0 spiro atoms. The fourth-order valence-electron chi connectivity index (χ4n) is 4.12. The Kier molecular flexibility index (Phi) is 4.07. The molecular formula is C17H25NO. The van der Waals surface area contributed by atoms with Crippen LogP contribution < -0.4 is 10.1 Å². The van der Waals surface area contributed by atoms with Gasteiger partial charge in [-0.05, 0) is 48.9 Å². The highest BCUT2D eigenvalue weighted by atomic mass is 16.5. The van der Waals surface area contributed by atoms with Gasteiger partial charge in [0.25, 0.3) is 0 Å². The van der Waals surface area contributed by atoms with E-state index in [0.29, 0.717) is 5.92 Å². The monoisotopic (exact) mass is 259 g/mol. The number of piperidine rings is 1. The summed E-state index contributed by atoms with van der Waals surface area (Å²) in [5.74, 6) is 3.48. The van der Waals surface area contributed by atoms with Crippen LogP contribution in [0.2, 0.25) is 0 Å². The van der Waals surface area contributed by atoms with Crippen LogP contribution >= 0.6 is 0 Å². The van der Waals surface area contributed by atoms with Gasteiger partial charge in [0.15, 0.2) is 0 Å². The molecule has 0 amide bonds. The van der Waals surface area contributed by atoms with Crippen LogP contribution in [0.25, 0.3) is 0 Å². The minimum atomic E-state index is 0.681. The number of nitrogens with one attached hydrogen (secondary N) is 1. The molecule has 19 heavy (non-hydrogen) atoms. The van der Waals surface area contributed by atoms with Gasteiger partial charge in [0.05, 0.1) is 7.11 Å². The van der Waals surface area contributed by atoms with Crippen LogP contribution in [0.5, 0.6) is 5.75 Å². The van der Waals surface area contributed by atoms with E-state index >= 15 is 0 Å². The standard InChI is InChI=1S/C17H25NO/c1-19-17-9-5-4-8-15(17)14-10-11-18-12-16(14)13-6-2-3-7-13/h4-5,8-9,13-14,16,18H,2-3,6-7,10-12H2,1H3. The van der Waals surface area contributed by atoms with E-state index < -0.39 is 0 Å². The first-order chi connectivity index (χ1) is 9.40. The van der Waals surface area contributed by atoms with Crippen molar-refractivity contribution in [1.82, 2.24) is 5.32 Å². The second-order valence-electron chi connectivity index (χ2n) is 6.05. The van der Waals surface area contributed by atoms with E-state index in [0.717, 1.165) is 24.1 Å². The smallest absolute Gasteiger partial charge is 0.122 e. The van der Waals surface area contributed by atoms with Gasteiger partial charge < -0.3 is 10.1 Å². The summed E-state index contributed by atoms with van der Waals surface area (Å²) in [5.41, 5.74) is 1.43. The van der Waals surface area contributed by atoms with E-state index in [-0.39, 0.29) is 0 Å². The Morgan fingerprint density at radius 1 is 1.11 bits per heavy atom. The normalized spacial score (nSPS) is 28.5. The van der Waals surface area contributed by atoms with Crippen LogP contribution in [0.3, 0.4) is 0 Å². The molecule has 2 aliphatic rings. The van der Waals surface area contributed by atoms with Crippen molar-refractivity contribution in [3.8, 4) is 5.75 Å². The number of benzene rings is 1. The van der Waals surface area contributed by atoms with E-state index in [2.05, 4.69) is 29.6 Å². The van der Waals surface area contributed by atoms with Gasteiger partial charge in [-0.1, -0.05) is 43.9 Å². The number of ether oxygens (including phenoxy) is 1. The fourth-order valence-corrected chi connectivity index (χ4v) is 4.12. The molecule has 0 bridgehead atoms. The number of rotatable bonds is 3. The molecule has 2 nitrogen and oxygen atoms in total. The van der Waals surface area contributed by atoms with Crippen LogP contribution in [-0.4, -0.2) is 20.2 Å². The molecule has 1 aliphatic heterocycles. The molecule has 1 aliphatic carbocycles. The van der Waals surface area contributed by atoms with Crippen molar-refractivity contribution in [3.63, 3.8) is 0 Å². The molecule has 1 saturated heterocycles. The van der Waals surface area contributed by atoms with Crippen LogP contribution in [0.15, 0.2) is 24.3 Å². The van der Waals surface area contributed by atoms with Gasteiger partial charge in [-0.2, -0.15) is 0 Å².